The SMILES string of the molecule is Cc1ccccc1[C@@H]1[C@@H](C(=O)N2[C@H](C)CC[C@@H]2C)OCC(=O)N1C. The third-order valence-corrected chi connectivity index (χ3v) is 5.44. The number of likely N-dealkylation sites (N-methyl/N-ethyl adjacent to an activating group) is 1. The summed E-state index contributed by atoms with van der Waals surface area (Å²) in [6, 6.07) is 7.96. The third-order valence-electron chi connectivity index (χ3n) is 5.44. The number of amides is 2. The Morgan fingerprint density at radius 1 is 1.17 bits per heavy atom. The molecule has 5 nitrogen and oxygen atoms in total. The van der Waals surface area contributed by atoms with E-state index in [0.29, 0.717) is 0 Å². The van der Waals surface area contributed by atoms with Crippen LogP contribution in [0.2, 0.25) is 0 Å². The minimum Gasteiger partial charge on any atom is -0.356 e. The number of morpholine rings is 1. The van der Waals surface area contributed by atoms with Crippen LogP contribution in [-0.4, -0.2) is 53.5 Å². The highest BCUT2D eigenvalue weighted by molar-refractivity contribution is 5.87. The molecule has 0 saturated carbocycles. The summed E-state index contributed by atoms with van der Waals surface area (Å²) in [7, 11) is 1.76. The van der Waals surface area contributed by atoms with Crippen molar-refractivity contribution in [3.05, 3.63) is 35.4 Å². The van der Waals surface area contributed by atoms with Crippen molar-refractivity contribution < 1.29 is 14.3 Å². The number of carbonyl (C=O) groups excluding carboxylic acids is 2. The molecule has 0 unspecified atom stereocenters. The van der Waals surface area contributed by atoms with Crippen molar-refractivity contribution >= 4 is 11.8 Å². The normalized spacial score (nSPS) is 30.8. The van der Waals surface area contributed by atoms with Crippen LogP contribution in [-0.2, 0) is 14.3 Å². The third kappa shape index (κ3) is 2.81. The van der Waals surface area contributed by atoms with Crippen LogP contribution in [0.25, 0.3) is 0 Å². The topological polar surface area (TPSA) is 49.9 Å². The van der Waals surface area contributed by atoms with Crippen LogP contribution < -0.4 is 0 Å². The highest BCUT2D eigenvalue weighted by atomic mass is 16.5. The van der Waals surface area contributed by atoms with Crippen molar-refractivity contribution in [2.75, 3.05) is 13.7 Å². The van der Waals surface area contributed by atoms with E-state index < -0.39 is 6.10 Å². The summed E-state index contributed by atoms with van der Waals surface area (Å²) < 4.78 is 5.77. The van der Waals surface area contributed by atoms with Crippen molar-refractivity contribution in [2.24, 2.45) is 0 Å². The number of hydrogen-bond acceptors (Lipinski definition) is 3. The first kappa shape index (κ1) is 17.0. The van der Waals surface area contributed by atoms with Crippen LogP contribution in [0.3, 0.4) is 0 Å². The zero-order valence-electron chi connectivity index (χ0n) is 14.9. The summed E-state index contributed by atoms with van der Waals surface area (Å²) in [5.74, 6) is -0.0880. The molecule has 0 aliphatic carbocycles. The maximum absolute atomic E-state index is 13.2. The molecule has 5 heteroatoms. The van der Waals surface area contributed by atoms with E-state index in [2.05, 4.69) is 13.8 Å². The lowest BCUT2D eigenvalue weighted by atomic mass is 9.93. The molecule has 0 aromatic heterocycles. The Morgan fingerprint density at radius 3 is 2.42 bits per heavy atom. The molecule has 2 aliphatic rings. The average Bonchev–Trinajstić information content (AvgIpc) is 2.89. The number of aryl methyl sites for hydroxylation is 1. The second-order valence-electron chi connectivity index (χ2n) is 7.06. The fourth-order valence-corrected chi connectivity index (χ4v) is 3.99. The highest BCUT2D eigenvalue weighted by Gasteiger charge is 2.45. The van der Waals surface area contributed by atoms with Crippen molar-refractivity contribution in [3.8, 4) is 0 Å². The monoisotopic (exact) mass is 330 g/mol. The Balaban J connectivity index is 1.97. The molecule has 1 aromatic rings. The van der Waals surface area contributed by atoms with Crippen molar-refractivity contribution in [3.63, 3.8) is 0 Å². The van der Waals surface area contributed by atoms with E-state index >= 15 is 0 Å². The van der Waals surface area contributed by atoms with E-state index in [0.717, 1.165) is 24.0 Å². The van der Waals surface area contributed by atoms with Gasteiger partial charge in [0, 0.05) is 19.1 Å². The van der Waals surface area contributed by atoms with Crippen LogP contribution in [0, 0.1) is 6.92 Å². The summed E-state index contributed by atoms with van der Waals surface area (Å²) >= 11 is 0. The largest absolute Gasteiger partial charge is 0.356 e. The van der Waals surface area contributed by atoms with Gasteiger partial charge in [-0.15, -0.1) is 0 Å². The van der Waals surface area contributed by atoms with Gasteiger partial charge in [-0.05, 0) is 44.7 Å². The number of hydrogen-bond donors (Lipinski definition) is 0. The second-order valence-corrected chi connectivity index (χ2v) is 7.06. The van der Waals surface area contributed by atoms with Crippen molar-refractivity contribution in [1.29, 1.82) is 0 Å². The van der Waals surface area contributed by atoms with E-state index in [-0.39, 0.29) is 36.5 Å². The Bertz CT molecular complexity index is 635. The minimum absolute atomic E-state index is 0.0000954. The molecular formula is C19H26N2O3. The molecule has 2 fully saturated rings. The van der Waals surface area contributed by atoms with Gasteiger partial charge in [-0.3, -0.25) is 9.59 Å². The lowest BCUT2D eigenvalue weighted by Gasteiger charge is -2.41. The summed E-state index contributed by atoms with van der Waals surface area (Å²) in [5, 5.41) is 0. The van der Waals surface area contributed by atoms with Gasteiger partial charge in [0.25, 0.3) is 5.91 Å². The molecule has 2 heterocycles. The molecule has 130 valence electrons. The maximum Gasteiger partial charge on any atom is 0.254 e. The van der Waals surface area contributed by atoms with E-state index in [1.54, 1.807) is 11.9 Å². The van der Waals surface area contributed by atoms with E-state index in [9.17, 15) is 9.59 Å². The van der Waals surface area contributed by atoms with Crippen LogP contribution in [0.4, 0.5) is 0 Å². The van der Waals surface area contributed by atoms with Crippen LogP contribution in [0.15, 0.2) is 24.3 Å². The van der Waals surface area contributed by atoms with Crippen LogP contribution in [0.1, 0.15) is 43.9 Å². The van der Waals surface area contributed by atoms with E-state index in [4.69, 9.17) is 4.74 Å². The molecule has 0 N–H and O–H groups in total. The maximum atomic E-state index is 13.2. The first-order chi connectivity index (χ1) is 11.4. The van der Waals surface area contributed by atoms with Gasteiger partial charge < -0.3 is 14.5 Å². The van der Waals surface area contributed by atoms with Gasteiger partial charge in [0.2, 0.25) is 5.91 Å². The van der Waals surface area contributed by atoms with Gasteiger partial charge in [0.1, 0.15) is 6.61 Å². The summed E-state index contributed by atoms with van der Waals surface area (Å²) in [5.41, 5.74) is 2.04. The molecule has 0 spiro atoms. The molecule has 0 radical (unpaired) electrons. The summed E-state index contributed by atoms with van der Waals surface area (Å²) in [4.78, 5) is 29.0. The quantitative estimate of drug-likeness (QED) is 0.836. The minimum atomic E-state index is -0.642. The predicted molar refractivity (Wildman–Crippen MR) is 91.4 cm³/mol. The van der Waals surface area contributed by atoms with E-state index in [1.165, 1.54) is 0 Å². The second kappa shape index (κ2) is 6.55. The van der Waals surface area contributed by atoms with Gasteiger partial charge >= 0.3 is 0 Å². The smallest absolute Gasteiger partial charge is 0.254 e. The van der Waals surface area contributed by atoms with Gasteiger partial charge in [-0.1, -0.05) is 24.3 Å². The fourth-order valence-electron chi connectivity index (χ4n) is 3.99. The number of benzene rings is 1. The molecule has 2 aliphatic heterocycles. The standard InChI is InChI=1S/C19H26N2O3/c1-12-7-5-6-8-15(12)17-18(24-11-16(22)20(17)4)19(23)21-13(2)9-10-14(21)3/h5-8,13-14,17-18H,9-11H2,1-4H3/t13-,14+,17-,18+/m1/s1. The Hall–Kier alpha value is -1.88. The lowest BCUT2D eigenvalue weighted by molar-refractivity contribution is -0.168. The molecule has 3 rings (SSSR count). The predicted octanol–water partition coefficient (Wildman–Crippen LogP) is 2.29. The number of rotatable bonds is 2. The highest BCUT2D eigenvalue weighted by Crippen LogP contribution is 2.34. The van der Waals surface area contributed by atoms with Crippen LogP contribution >= 0.6 is 0 Å². The zero-order valence-corrected chi connectivity index (χ0v) is 14.9. The lowest BCUT2D eigenvalue weighted by Crippen LogP contribution is -2.55. The molecular weight excluding hydrogens is 304 g/mol. The number of likely N-dealkylation sites (tertiary alicyclic amines) is 1. The molecule has 2 amide bonds. The Labute approximate surface area is 143 Å². The number of nitrogens with zero attached hydrogens (tertiary/aromatic N) is 2. The zero-order chi connectivity index (χ0) is 17.4. The number of carbonyl (C=O) groups is 2. The molecule has 1 aromatic carbocycles. The molecule has 4 atom stereocenters. The Kier molecular flexibility index (Phi) is 4.63. The molecule has 0 bridgehead atoms. The average molecular weight is 330 g/mol. The van der Waals surface area contributed by atoms with Gasteiger partial charge in [-0.25, -0.2) is 0 Å². The van der Waals surface area contributed by atoms with Gasteiger partial charge in [0.05, 0.1) is 6.04 Å². The first-order valence-electron chi connectivity index (χ1n) is 8.66. The van der Waals surface area contributed by atoms with Gasteiger partial charge in [-0.2, -0.15) is 0 Å². The Morgan fingerprint density at radius 2 is 1.79 bits per heavy atom. The van der Waals surface area contributed by atoms with E-state index in [1.807, 2.05) is 36.1 Å². The fraction of sp³-hybridized carbons (Fsp3) is 0.579. The van der Waals surface area contributed by atoms with Crippen molar-refractivity contribution in [1.82, 2.24) is 9.80 Å². The first-order valence-corrected chi connectivity index (χ1v) is 8.66. The molecule has 24 heavy (non-hydrogen) atoms. The summed E-state index contributed by atoms with van der Waals surface area (Å²) in [6.07, 6.45) is 1.39. The van der Waals surface area contributed by atoms with Gasteiger partial charge in [0.15, 0.2) is 6.10 Å². The summed E-state index contributed by atoms with van der Waals surface area (Å²) in [6.45, 7) is 6.14. The molecule has 2 saturated heterocycles. The van der Waals surface area contributed by atoms with Crippen molar-refractivity contribution in [2.45, 2.75) is 57.8 Å². The van der Waals surface area contributed by atoms with Crippen LogP contribution in [0.5, 0.6) is 0 Å². The number of ether oxygens (including phenoxy) is 1.